The average molecular weight is 251 g/mol. The van der Waals surface area contributed by atoms with E-state index in [1.807, 2.05) is 10.9 Å². The van der Waals surface area contributed by atoms with Gasteiger partial charge in [-0.15, -0.1) is 5.10 Å². The first-order chi connectivity index (χ1) is 8.34. The first kappa shape index (κ1) is 15.2. The van der Waals surface area contributed by atoms with Gasteiger partial charge in [-0.25, -0.2) is 4.68 Å². The van der Waals surface area contributed by atoms with Crippen LogP contribution in [-0.2, 0) is 13.0 Å². The summed E-state index contributed by atoms with van der Waals surface area (Å²) in [6.45, 7) is 14.8. The lowest BCUT2D eigenvalue weighted by molar-refractivity contribution is 0.0931. The molecule has 1 aromatic heterocycles. The molecule has 0 spiro atoms. The number of rotatable bonds is 7. The van der Waals surface area contributed by atoms with Crippen LogP contribution < -0.4 is 0 Å². The normalized spacial score (nSPS) is 13.0. The SMILES string of the molecule is CCCCC(C)(C)C(C)(C)Cc1cnnn1CC. The maximum absolute atomic E-state index is 4.13. The molecule has 0 fully saturated rings. The smallest absolute Gasteiger partial charge is 0.0725 e. The molecule has 0 amide bonds. The monoisotopic (exact) mass is 251 g/mol. The Morgan fingerprint density at radius 2 is 1.78 bits per heavy atom. The average Bonchev–Trinajstić information content (AvgIpc) is 2.72. The van der Waals surface area contributed by atoms with Crippen molar-refractivity contribution in [1.29, 1.82) is 0 Å². The fourth-order valence-electron chi connectivity index (χ4n) is 2.33. The fourth-order valence-corrected chi connectivity index (χ4v) is 2.33. The van der Waals surface area contributed by atoms with Crippen LogP contribution in [0.25, 0.3) is 0 Å². The summed E-state index contributed by atoms with van der Waals surface area (Å²) in [5.74, 6) is 0. The highest BCUT2D eigenvalue weighted by atomic mass is 15.4. The van der Waals surface area contributed by atoms with Crippen molar-refractivity contribution >= 4 is 0 Å². The van der Waals surface area contributed by atoms with Crippen LogP contribution in [0.1, 0.15) is 66.5 Å². The number of aromatic nitrogens is 3. The van der Waals surface area contributed by atoms with Crippen LogP contribution in [0.4, 0.5) is 0 Å². The third-order valence-electron chi connectivity index (χ3n) is 4.61. The van der Waals surface area contributed by atoms with Crippen LogP contribution in [0.5, 0.6) is 0 Å². The third-order valence-corrected chi connectivity index (χ3v) is 4.61. The molecule has 0 N–H and O–H groups in total. The van der Waals surface area contributed by atoms with Crippen LogP contribution >= 0.6 is 0 Å². The van der Waals surface area contributed by atoms with E-state index in [0.29, 0.717) is 5.41 Å². The van der Waals surface area contributed by atoms with Crippen molar-refractivity contribution in [2.45, 2.75) is 73.8 Å². The van der Waals surface area contributed by atoms with Crippen LogP contribution in [0, 0.1) is 10.8 Å². The van der Waals surface area contributed by atoms with Gasteiger partial charge in [0.2, 0.25) is 0 Å². The molecule has 0 unspecified atom stereocenters. The van der Waals surface area contributed by atoms with Crippen molar-refractivity contribution in [2.75, 3.05) is 0 Å². The van der Waals surface area contributed by atoms with E-state index in [4.69, 9.17) is 0 Å². The minimum atomic E-state index is 0.261. The molecule has 1 aromatic rings. The van der Waals surface area contributed by atoms with Crippen molar-refractivity contribution in [3.05, 3.63) is 11.9 Å². The predicted molar refractivity (Wildman–Crippen MR) is 76.5 cm³/mol. The molecular weight excluding hydrogens is 222 g/mol. The quantitative estimate of drug-likeness (QED) is 0.731. The zero-order valence-electron chi connectivity index (χ0n) is 13.0. The Morgan fingerprint density at radius 3 is 2.33 bits per heavy atom. The molecular formula is C15H29N3. The number of hydrogen-bond acceptors (Lipinski definition) is 2. The highest BCUT2D eigenvalue weighted by molar-refractivity contribution is 5.01. The molecule has 104 valence electrons. The summed E-state index contributed by atoms with van der Waals surface area (Å²) in [7, 11) is 0. The summed E-state index contributed by atoms with van der Waals surface area (Å²) in [6, 6.07) is 0. The summed E-state index contributed by atoms with van der Waals surface area (Å²) >= 11 is 0. The summed E-state index contributed by atoms with van der Waals surface area (Å²) in [6.07, 6.45) is 6.82. The standard InChI is InChI=1S/C15H29N3/c1-7-9-10-14(3,4)15(5,6)11-13-12-16-17-18(13)8-2/h12H,7-11H2,1-6H3. The number of unbranched alkanes of at least 4 members (excludes halogenated alkanes) is 1. The Morgan fingerprint density at radius 1 is 1.11 bits per heavy atom. The minimum absolute atomic E-state index is 0.261. The van der Waals surface area contributed by atoms with Crippen LogP contribution in [-0.4, -0.2) is 15.0 Å². The van der Waals surface area contributed by atoms with Gasteiger partial charge in [0.15, 0.2) is 0 Å². The lowest BCUT2D eigenvalue weighted by Gasteiger charge is -2.42. The molecule has 0 saturated carbocycles. The number of hydrogen-bond donors (Lipinski definition) is 0. The lowest BCUT2D eigenvalue weighted by Crippen LogP contribution is -2.35. The van der Waals surface area contributed by atoms with Gasteiger partial charge >= 0.3 is 0 Å². The second kappa shape index (κ2) is 5.85. The molecule has 0 aromatic carbocycles. The fraction of sp³-hybridized carbons (Fsp3) is 0.867. The molecule has 3 heteroatoms. The van der Waals surface area contributed by atoms with E-state index < -0.39 is 0 Å². The predicted octanol–water partition coefficient (Wildman–Crippen LogP) is 4.08. The maximum Gasteiger partial charge on any atom is 0.0725 e. The van der Waals surface area contributed by atoms with Gasteiger partial charge in [-0.1, -0.05) is 52.7 Å². The molecule has 0 aliphatic rings. The molecule has 1 rings (SSSR count). The van der Waals surface area contributed by atoms with Gasteiger partial charge in [-0.3, -0.25) is 0 Å². The van der Waals surface area contributed by atoms with Gasteiger partial charge in [-0.2, -0.15) is 0 Å². The van der Waals surface area contributed by atoms with Gasteiger partial charge in [-0.05, 0) is 30.6 Å². The Balaban J connectivity index is 2.80. The zero-order valence-corrected chi connectivity index (χ0v) is 13.0. The molecule has 0 atom stereocenters. The number of nitrogens with zero attached hydrogens (tertiary/aromatic N) is 3. The summed E-state index contributed by atoms with van der Waals surface area (Å²) in [4.78, 5) is 0. The first-order valence-electron chi connectivity index (χ1n) is 7.21. The highest BCUT2D eigenvalue weighted by Crippen LogP contribution is 2.44. The van der Waals surface area contributed by atoms with Gasteiger partial charge in [0.05, 0.1) is 11.9 Å². The van der Waals surface area contributed by atoms with E-state index in [9.17, 15) is 0 Å². The maximum atomic E-state index is 4.13. The van der Waals surface area contributed by atoms with E-state index in [-0.39, 0.29) is 5.41 Å². The molecule has 0 radical (unpaired) electrons. The Bertz CT molecular complexity index is 364. The van der Waals surface area contributed by atoms with Crippen LogP contribution in [0.15, 0.2) is 6.20 Å². The van der Waals surface area contributed by atoms with Gasteiger partial charge in [0, 0.05) is 6.54 Å². The second-order valence-corrected chi connectivity index (χ2v) is 6.59. The Labute approximate surface area is 112 Å². The molecule has 0 saturated heterocycles. The van der Waals surface area contributed by atoms with Crippen LogP contribution in [0.2, 0.25) is 0 Å². The van der Waals surface area contributed by atoms with E-state index in [1.54, 1.807) is 0 Å². The molecule has 0 aliphatic carbocycles. The van der Waals surface area contributed by atoms with Gasteiger partial charge in [0.25, 0.3) is 0 Å². The lowest BCUT2D eigenvalue weighted by atomic mass is 9.63. The Kier molecular flexibility index (Phi) is 4.94. The van der Waals surface area contributed by atoms with Crippen LogP contribution in [0.3, 0.4) is 0 Å². The molecule has 18 heavy (non-hydrogen) atoms. The number of aryl methyl sites for hydroxylation is 1. The first-order valence-corrected chi connectivity index (χ1v) is 7.21. The summed E-state index contributed by atoms with van der Waals surface area (Å²) in [5, 5.41) is 8.16. The topological polar surface area (TPSA) is 30.7 Å². The van der Waals surface area contributed by atoms with E-state index in [0.717, 1.165) is 13.0 Å². The van der Waals surface area contributed by atoms with Crippen molar-refractivity contribution in [3.63, 3.8) is 0 Å². The largest absolute Gasteiger partial charge is 0.250 e. The summed E-state index contributed by atoms with van der Waals surface area (Å²) < 4.78 is 2.01. The van der Waals surface area contributed by atoms with E-state index >= 15 is 0 Å². The molecule has 3 nitrogen and oxygen atoms in total. The molecule has 1 heterocycles. The van der Waals surface area contributed by atoms with Crippen molar-refractivity contribution in [3.8, 4) is 0 Å². The second-order valence-electron chi connectivity index (χ2n) is 6.59. The zero-order chi connectivity index (χ0) is 13.8. The van der Waals surface area contributed by atoms with E-state index in [1.165, 1.54) is 25.0 Å². The van der Waals surface area contributed by atoms with E-state index in [2.05, 4.69) is 51.9 Å². The molecule has 0 bridgehead atoms. The van der Waals surface area contributed by atoms with Crippen molar-refractivity contribution in [1.82, 2.24) is 15.0 Å². The molecule has 0 aliphatic heterocycles. The van der Waals surface area contributed by atoms with Gasteiger partial charge < -0.3 is 0 Å². The van der Waals surface area contributed by atoms with Crippen molar-refractivity contribution < 1.29 is 0 Å². The highest BCUT2D eigenvalue weighted by Gasteiger charge is 2.37. The minimum Gasteiger partial charge on any atom is -0.250 e. The third kappa shape index (κ3) is 3.33. The van der Waals surface area contributed by atoms with Crippen molar-refractivity contribution in [2.24, 2.45) is 10.8 Å². The Hall–Kier alpha value is -0.860. The summed E-state index contributed by atoms with van der Waals surface area (Å²) in [5.41, 5.74) is 1.86. The van der Waals surface area contributed by atoms with Gasteiger partial charge in [0.1, 0.15) is 0 Å².